The maximum atomic E-state index is 13.5. The Balaban J connectivity index is 2.11. The number of ether oxygens (including phenoxy) is 1. The molecule has 22 heavy (non-hydrogen) atoms. The molecule has 1 aromatic rings. The summed E-state index contributed by atoms with van der Waals surface area (Å²) in [5.74, 6) is -0.233. The lowest BCUT2D eigenvalue weighted by molar-refractivity contribution is 0.0479. The highest BCUT2D eigenvalue weighted by Gasteiger charge is 2.24. The minimum Gasteiger partial charge on any atom is -0.444 e. The number of carbonyl (C=O) groups excluding carboxylic acids is 1. The average Bonchev–Trinajstić information content (AvgIpc) is 2.33. The number of nitrogens with one attached hydrogen (secondary N) is 1. The van der Waals surface area contributed by atoms with Crippen molar-refractivity contribution < 1.29 is 13.9 Å². The van der Waals surface area contributed by atoms with E-state index in [1.54, 1.807) is 19.1 Å². The van der Waals surface area contributed by atoms with Gasteiger partial charge in [0.25, 0.3) is 0 Å². The minimum absolute atomic E-state index is 0.200. The van der Waals surface area contributed by atoms with Crippen LogP contribution in [0.1, 0.15) is 44.4 Å². The van der Waals surface area contributed by atoms with Crippen molar-refractivity contribution in [2.24, 2.45) is 0 Å². The highest BCUT2D eigenvalue weighted by molar-refractivity contribution is 5.68. The van der Waals surface area contributed by atoms with Crippen molar-refractivity contribution in [3.8, 4) is 0 Å². The molecule has 5 heteroatoms. The second kappa shape index (κ2) is 6.65. The van der Waals surface area contributed by atoms with Gasteiger partial charge < -0.3 is 15.0 Å². The van der Waals surface area contributed by atoms with E-state index in [1.807, 2.05) is 20.8 Å². The van der Waals surface area contributed by atoms with Gasteiger partial charge in [0.2, 0.25) is 0 Å². The van der Waals surface area contributed by atoms with Crippen LogP contribution in [0.5, 0.6) is 0 Å². The summed E-state index contributed by atoms with van der Waals surface area (Å²) in [5, 5.41) is 2.91. The van der Waals surface area contributed by atoms with Crippen LogP contribution in [0.2, 0.25) is 0 Å². The van der Waals surface area contributed by atoms with Crippen LogP contribution in [-0.4, -0.2) is 36.2 Å². The third-order valence-corrected chi connectivity index (χ3v) is 3.66. The molecule has 0 bridgehead atoms. The smallest absolute Gasteiger partial charge is 0.408 e. The number of amides is 1. The summed E-state index contributed by atoms with van der Waals surface area (Å²) in [4.78, 5) is 14.3. The molecule has 0 saturated carbocycles. The van der Waals surface area contributed by atoms with Gasteiger partial charge in [-0.25, -0.2) is 9.18 Å². The number of alkyl carbamates (subject to hydrolysis) is 1. The van der Waals surface area contributed by atoms with E-state index in [9.17, 15) is 9.18 Å². The number of carbonyl (C=O) groups is 1. The molecule has 2 rings (SSSR count). The summed E-state index contributed by atoms with van der Waals surface area (Å²) >= 11 is 0. The second-order valence-electron chi connectivity index (χ2n) is 6.86. The lowest BCUT2D eigenvalue weighted by Gasteiger charge is -2.35. The molecule has 1 aliphatic heterocycles. The predicted octanol–water partition coefficient (Wildman–Crippen LogP) is 3.41. The van der Waals surface area contributed by atoms with Gasteiger partial charge >= 0.3 is 6.09 Å². The van der Waals surface area contributed by atoms with Crippen LogP contribution in [0.25, 0.3) is 0 Å². The largest absolute Gasteiger partial charge is 0.444 e. The normalized spacial score (nSPS) is 16.8. The topological polar surface area (TPSA) is 41.6 Å². The first kappa shape index (κ1) is 16.7. The molecule has 1 N–H and O–H groups in total. The molecule has 1 saturated heterocycles. The van der Waals surface area contributed by atoms with Crippen LogP contribution in [0.15, 0.2) is 18.2 Å². The van der Waals surface area contributed by atoms with E-state index in [-0.39, 0.29) is 11.9 Å². The van der Waals surface area contributed by atoms with Crippen molar-refractivity contribution in [2.45, 2.75) is 45.8 Å². The molecule has 4 nitrogen and oxygen atoms in total. The Kier molecular flexibility index (Phi) is 5.06. The zero-order valence-corrected chi connectivity index (χ0v) is 13.8. The Hall–Kier alpha value is -1.62. The molecule has 1 amide bonds. The molecule has 122 valence electrons. The second-order valence-corrected chi connectivity index (χ2v) is 6.86. The quantitative estimate of drug-likeness (QED) is 0.927. The number of hydrogen-bond acceptors (Lipinski definition) is 3. The molecule has 1 atom stereocenters. The fraction of sp³-hybridized carbons (Fsp3) is 0.588. The number of aryl methyl sites for hydroxylation is 1. The number of likely N-dealkylation sites (tertiary alicyclic amines) is 1. The first-order valence-corrected chi connectivity index (χ1v) is 7.72. The fourth-order valence-electron chi connectivity index (χ4n) is 2.39. The van der Waals surface area contributed by atoms with Gasteiger partial charge in [-0.2, -0.15) is 0 Å². The molecule has 0 spiro atoms. The molecule has 1 heterocycles. The van der Waals surface area contributed by atoms with E-state index in [0.717, 1.165) is 18.7 Å². The first-order valence-electron chi connectivity index (χ1n) is 7.72. The van der Waals surface area contributed by atoms with Crippen molar-refractivity contribution in [3.05, 3.63) is 35.1 Å². The zero-order valence-electron chi connectivity index (χ0n) is 13.8. The van der Waals surface area contributed by atoms with Gasteiger partial charge in [-0.1, -0.05) is 12.1 Å². The Morgan fingerprint density at radius 1 is 1.41 bits per heavy atom. The molecule has 1 fully saturated rings. The highest BCUT2D eigenvalue weighted by atomic mass is 19.1. The van der Waals surface area contributed by atoms with Gasteiger partial charge in [-0.15, -0.1) is 0 Å². The Bertz CT molecular complexity index is 536. The van der Waals surface area contributed by atoms with Crippen molar-refractivity contribution in [3.63, 3.8) is 0 Å². The summed E-state index contributed by atoms with van der Waals surface area (Å²) < 4.78 is 18.8. The van der Waals surface area contributed by atoms with E-state index in [2.05, 4.69) is 10.2 Å². The zero-order chi connectivity index (χ0) is 16.3. The Morgan fingerprint density at radius 3 is 2.59 bits per heavy atom. The van der Waals surface area contributed by atoms with Gasteiger partial charge in [-0.3, -0.25) is 0 Å². The first-order chi connectivity index (χ1) is 10.2. The van der Waals surface area contributed by atoms with E-state index in [0.29, 0.717) is 12.1 Å². The number of rotatable bonds is 4. The van der Waals surface area contributed by atoms with Crippen LogP contribution in [-0.2, 0) is 4.74 Å². The summed E-state index contributed by atoms with van der Waals surface area (Å²) in [7, 11) is 0. The summed E-state index contributed by atoms with van der Waals surface area (Å²) in [6.07, 6.45) is 0.738. The number of benzene rings is 1. The average molecular weight is 308 g/mol. The van der Waals surface area contributed by atoms with Crippen LogP contribution >= 0.6 is 0 Å². The monoisotopic (exact) mass is 308 g/mol. The van der Waals surface area contributed by atoms with Crippen LogP contribution in [0.3, 0.4) is 0 Å². The van der Waals surface area contributed by atoms with Gasteiger partial charge in [0.1, 0.15) is 11.4 Å². The summed E-state index contributed by atoms with van der Waals surface area (Å²) in [6.45, 7) is 10.0. The van der Waals surface area contributed by atoms with Gasteiger partial charge in [0.15, 0.2) is 0 Å². The highest BCUT2D eigenvalue weighted by Crippen LogP contribution is 2.21. The van der Waals surface area contributed by atoms with Gasteiger partial charge in [-0.05, 0) is 64.4 Å². The van der Waals surface area contributed by atoms with E-state index < -0.39 is 11.7 Å². The predicted molar refractivity (Wildman–Crippen MR) is 84.3 cm³/mol. The minimum atomic E-state index is -0.538. The van der Waals surface area contributed by atoms with Crippen LogP contribution in [0.4, 0.5) is 9.18 Å². The van der Waals surface area contributed by atoms with Crippen LogP contribution < -0.4 is 5.32 Å². The van der Waals surface area contributed by atoms with Gasteiger partial charge in [0.05, 0.1) is 6.04 Å². The third-order valence-electron chi connectivity index (χ3n) is 3.66. The molecule has 0 aromatic heterocycles. The van der Waals surface area contributed by atoms with E-state index >= 15 is 0 Å². The van der Waals surface area contributed by atoms with Crippen molar-refractivity contribution >= 4 is 6.09 Å². The molecule has 0 radical (unpaired) electrons. The van der Waals surface area contributed by atoms with Crippen molar-refractivity contribution in [2.75, 3.05) is 19.6 Å². The van der Waals surface area contributed by atoms with Gasteiger partial charge in [0, 0.05) is 6.54 Å². The Labute approximate surface area is 131 Å². The molecule has 1 aliphatic rings. The lowest BCUT2D eigenvalue weighted by Crippen LogP contribution is -2.45. The molecule has 0 aliphatic carbocycles. The standard InChI is InChI=1S/C17H25FN2O2/c1-12-10-13(6-7-14(12)18)15(11-20-8-5-9-20)19-16(21)22-17(2,3)4/h6-7,10,15H,5,8-9,11H2,1-4H3,(H,19,21)/t15-/m1/s1. The van der Waals surface area contributed by atoms with Crippen molar-refractivity contribution in [1.29, 1.82) is 0 Å². The summed E-state index contributed by atoms with van der Waals surface area (Å²) in [6, 6.07) is 4.76. The molecular weight excluding hydrogens is 283 g/mol. The van der Waals surface area contributed by atoms with E-state index in [1.165, 1.54) is 12.5 Å². The number of hydrogen-bond donors (Lipinski definition) is 1. The number of nitrogens with zero attached hydrogens (tertiary/aromatic N) is 1. The lowest BCUT2D eigenvalue weighted by atomic mass is 10.0. The molecular formula is C17H25FN2O2. The Morgan fingerprint density at radius 2 is 2.09 bits per heavy atom. The number of halogens is 1. The molecule has 1 aromatic carbocycles. The molecule has 0 unspecified atom stereocenters. The van der Waals surface area contributed by atoms with Crippen molar-refractivity contribution in [1.82, 2.24) is 10.2 Å². The fourth-order valence-corrected chi connectivity index (χ4v) is 2.39. The maximum Gasteiger partial charge on any atom is 0.408 e. The maximum absolute atomic E-state index is 13.5. The summed E-state index contributed by atoms with van der Waals surface area (Å²) in [5.41, 5.74) is 0.943. The van der Waals surface area contributed by atoms with Crippen LogP contribution in [0, 0.1) is 12.7 Å². The third kappa shape index (κ3) is 4.70. The van der Waals surface area contributed by atoms with E-state index in [4.69, 9.17) is 4.74 Å². The SMILES string of the molecule is Cc1cc([C@@H](CN2CCC2)NC(=O)OC(C)(C)C)ccc1F.